The number of hydrogen-bond donors (Lipinski definition) is 2. The van der Waals surface area contributed by atoms with Crippen molar-refractivity contribution in [2.75, 3.05) is 39.8 Å². The van der Waals surface area contributed by atoms with E-state index in [-0.39, 0.29) is 0 Å². The van der Waals surface area contributed by atoms with Gasteiger partial charge in [-0.2, -0.15) is 0 Å². The fourth-order valence-corrected chi connectivity index (χ4v) is 2.94. The Hall–Kier alpha value is -1.59. The van der Waals surface area contributed by atoms with Crippen LogP contribution < -0.4 is 10.6 Å². The molecule has 0 radical (unpaired) electrons. The molecule has 24 heavy (non-hydrogen) atoms. The molecular formula is C19H32N4O. The van der Waals surface area contributed by atoms with Gasteiger partial charge in [-0.25, -0.2) is 4.99 Å². The molecule has 1 aromatic carbocycles. The van der Waals surface area contributed by atoms with Crippen molar-refractivity contribution in [1.29, 1.82) is 0 Å². The Morgan fingerprint density at radius 3 is 2.46 bits per heavy atom. The Bertz CT molecular complexity index is 481. The zero-order valence-electron chi connectivity index (χ0n) is 15.2. The van der Waals surface area contributed by atoms with Crippen LogP contribution in [0.5, 0.6) is 0 Å². The summed E-state index contributed by atoms with van der Waals surface area (Å²) >= 11 is 0. The van der Waals surface area contributed by atoms with Crippen LogP contribution in [-0.2, 0) is 17.9 Å². The molecule has 1 aromatic rings. The van der Waals surface area contributed by atoms with Crippen molar-refractivity contribution in [2.45, 2.75) is 39.3 Å². The number of benzene rings is 1. The molecule has 1 fully saturated rings. The number of hydrogen-bond acceptors (Lipinski definition) is 3. The van der Waals surface area contributed by atoms with Crippen molar-refractivity contribution in [1.82, 2.24) is 15.5 Å². The molecule has 0 aliphatic carbocycles. The fourth-order valence-electron chi connectivity index (χ4n) is 2.94. The van der Waals surface area contributed by atoms with Gasteiger partial charge in [0.25, 0.3) is 0 Å². The van der Waals surface area contributed by atoms with E-state index in [9.17, 15) is 0 Å². The summed E-state index contributed by atoms with van der Waals surface area (Å²) in [4.78, 5) is 7.22. The van der Waals surface area contributed by atoms with E-state index >= 15 is 0 Å². The third-order valence-corrected chi connectivity index (χ3v) is 4.27. The van der Waals surface area contributed by atoms with Crippen LogP contribution in [0.2, 0.25) is 0 Å². The highest BCUT2D eigenvalue weighted by Crippen LogP contribution is 2.08. The first-order chi connectivity index (χ1) is 11.8. The van der Waals surface area contributed by atoms with Crippen LogP contribution in [-0.4, -0.2) is 50.7 Å². The van der Waals surface area contributed by atoms with Gasteiger partial charge in [0.05, 0.1) is 13.2 Å². The second kappa shape index (κ2) is 11.0. The molecule has 0 aromatic heterocycles. The average molecular weight is 332 g/mol. The second-order valence-electron chi connectivity index (χ2n) is 6.27. The number of guanidine groups is 1. The van der Waals surface area contributed by atoms with E-state index in [4.69, 9.17) is 4.74 Å². The Morgan fingerprint density at radius 1 is 1.08 bits per heavy atom. The lowest BCUT2D eigenvalue weighted by molar-refractivity contribution is 0.185. The van der Waals surface area contributed by atoms with Crippen molar-refractivity contribution in [2.24, 2.45) is 4.99 Å². The minimum atomic E-state index is 0.657. The van der Waals surface area contributed by atoms with Crippen LogP contribution in [0, 0.1) is 0 Å². The van der Waals surface area contributed by atoms with Crippen molar-refractivity contribution < 1.29 is 4.74 Å². The third-order valence-electron chi connectivity index (χ3n) is 4.27. The minimum absolute atomic E-state index is 0.657. The van der Waals surface area contributed by atoms with Gasteiger partial charge in [-0.3, -0.25) is 0 Å². The Balaban J connectivity index is 1.78. The molecule has 0 spiro atoms. The maximum Gasteiger partial charge on any atom is 0.191 e. The molecule has 1 heterocycles. The molecule has 134 valence electrons. The minimum Gasteiger partial charge on any atom is -0.380 e. The normalized spacial score (nSPS) is 16.2. The van der Waals surface area contributed by atoms with Crippen LogP contribution in [0.25, 0.3) is 0 Å². The molecule has 0 unspecified atom stereocenters. The van der Waals surface area contributed by atoms with Gasteiger partial charge in [0, 0.05) is 26.7 Å². The van der Waals surface area contributed by atoms with Crippen molar-refractivity contribution in [3.8, 4) is 0 Å². The predicted octanol–water partition coefficient (Wildman–Crippen LogP) is 2.37. The number of aliphatic imine (C=N–C) groups is 1. The van der Waals surface area contributed by atoms with E-state index in [1.807, 2.05) is 0 Å². The van der Waals surface area contributed by atoms with Gasteiger partial charge < -0.3 is 20.3 Å². The molecule has 5 heteroatoms. The van der Waals surface area contributed by atoms with Gasteiger partial charge in [0.15, 0.2) is 5.96 Å². The molecule has 1 saturated heterocycles. The lowest BCUT2D eigenvalue weighted by atomic mass is 10.1. The van der Waals surface area contributed by atoms with Crippen LogP contribution >= 0.6 is 0 Å². The number of piperidine rings is 1. The van der Waals surface area contributed by atoms with Crippen LogP contribution in [0.3, 0.4) is 0 Å². The van der Waals surface area contributed by atoms with Crippen molar-refractivity contribution >= 4 is 5.96 Å². The lowest BCUT2D eigenvalue weighted by Crippen LogP contribution is -2.42. The molecule has 0 saturated carbocycles. The lowest BCUT2D eigenvalue weighted by Gasteiger charge is -2.26. The summed E-state index contributed by atoms with van der Waals surface area (Å²) in [6.07, 6.45) is 4.07. The zero-order valence-corrected chi connectivity index (χ0v) is 15.2. The number of likely N-dealkylation sites (tertiary alicyclic amines) is 1. The number of rotatable bonds is 8. The summed E-state index contributed by atoms with van der Waals surface area (Å²) in [5.41, 5.74) is 2.40. The number of nitrogens with zero attached hydrogens (tertiary/aromatic N) is 2. The molecule has 0 atom stereocenters. The van der Waals surface area contributed by atoms with E-state index in [2.05, 4.69) is 51.7 Å². The van der Waals surface area contributed by atoms with E-state index in [1.165, 1.54) is 43.5 Å². The smallest absolute Gasteiger partial charge is 0.191 e. The highest BCUT2D eigenvalue weighted by atomic mass is 16.5. The summed E-state index contributed by atoms with van der Waals surface area (Å²) in [5, 5.41) is 6.77. The quantitative estimate of drug-likeness (QED) is 0.567. The second-order valence-corrected chi connectivity index (χ2v) is 6.27. The number of ether oxygens (including phenoxy) is 1. The topological polar surface area (TPSA) is 48.9 Å². The van der Waals surface area contributed by atoms with Crippen molar-refractivity contribution in [3.05, 3.63) is 35.4 Å². The fraction of sp³-hybridized carbons (Fsp3) is 0.632. The first-order valence-corrected chi connectivity index (χ1v) is 9.13. The monoisotopic (exact) mass is 332 g/mol. The highest BCUT2D eigenvalue weighted by molar-refractivity contribution is 5.79. The Kier molecular flexibility index (Phi) is 8.63. The molecule has 1 aliphatic heterocycles. The first-order valence-electron chi connectivity index (χ1n) is 9.13. The summed E-state index contributed by atoms with van der Waals surface area (Å²) in [6.45, 7) is 8.83. The molecule has 2 rings (SSSR count). The van der Waals surface area contributed by atoms with E-state index in [1.54, 1.807) is 7.11 Å². The molecule has 1 aliphatic rings. The zero-order chi connectivity index (χ0) is 17.0. The van der Waals surface area contributed by atoms with Gasteiger partial charge in [0.2, 0.25) is 0 Å². The standard InChI is InChI=1S/C19H32N4O/c1-3-20-19(21-11-14-23-12-5-4-6-13-23)22-15-17-7-9-18(10-8-17)16-24-2/h7-10H,3-6,11-16H2,1-2H3,(H2,20,21,22). The van der Waals surface area contributed by atoms with Crippen LogP contribution in [0.4, 0.5) is 0 Å². The number of nitrogens with one attached hydrogen (secondary N) is 2. The summed E-state index contributed by atoms with van der Waals surface area (Å²) in [7, 11) is 1.72. The average Bonchev–Trinajstić information content (AvgIpc) is 2.62. The van der Waals surface area contributed by atoms with Crippen LogP contribution in [0.1, 0.15) is 37.3 Å². The molecule has 0 bridgehead atoms. The maximum atomic E-state index is 5.14. The summed E-state index contributed by atoms with van der Waals surface area (Å²) < 4.78 is 5.14. The van der Waals surface area contributed by atoms with E-state index in [0.717, 1.165) is 25.6 Å². The van der Waals surface area contributed by atoms with Crippen molar-refractivity contribution in [3.63, 3.8) is 0 Å². The van der Waals surface area contributed by atoms with Gasteiger partial charge >= 0.3 is 0 Å². The predicted molar refractivity (Wildman–Crippen MR) is 100 cm³/mol. The van der Waals surface area contributed by atoms with E-state index in [0.29, 0.717) is 13.2 Å². The maximum absolute atomic E-state index is 5.14. The van der Waals surface area contributed by atoms with Gasteiger partial charge in [0.1, 0.15) is 0 Å². The largest absolute Gasteiger partial charge is 0.380 e. The molecular weight excluding hydrogens is 300 g/mol. The highest BCUT2D eigenvalue weighted by Gasteiger charge is 2.09. The van der Waals surface area contributed by atoms with Crippen LogP contribution in [0.15, 0.2) is 29.3 Å². The number of methoxy groups -OCH3 is 1. The summed E-state index contributed by atoms with van der Waals surface area (Å²) in [6, 6.07) is 8.44. The van der Waals surface area contributed by atoms with Gasteiger partial charge in [-0.15, -0.1) is 0 Å². The Morgan fingerprint density at radius 2 is 1.79 bits per heavy atom. The SMILES string of the molecule is CCNC(=NCc1ccc(COC)cc1)NCCN1CCCCC1. The van der Waals surface area contributed by atoms with Gasteiger partial charge in [-0.1, -0.05) is 30.7 Å². The Labute approximate surface area is 146 Å². The molecule has 2 N–H and O–H groups in total. The van der Waals surface area contributed by atoms with Gasteiger partial charge in [-0.05, 0) is 44.0 Å². The molecule has 0 amide bonds. The third kappa shape index (κ3) is 6.89. The van der Waals surface area contributed by atoms with E-state index < -0.39 is 0 Å². The summed E-state index contributed by atoms with van der Waals surface area (Å²) in [5.74, 6) is 0.899. The molecule has 5 nitrogen and oxygen atoms in total. The first kappa shape index (κ1) is 18.7.